The van der Waals surface area contributed by atoms with Crippen LogP contribution in [0.3, 0.4) is 0 Å². The number of carbonyl (C=O) groups excluding carboxylic acids is 3. The molecule has 0 amide bonds. The molecule has 0 N–H and O–H groups in total. The van der Waals surface area contributed by atoms with Gasteiger partial charge in [-0.25, -0.2) is 14.4 Å². The predicted molar refractivity (Wildman–Crippen MR) is 233 cm³/mol. The van der Waals surface area contributed by atoms with E-state index < -0.39 is 30.2 Å². The molecule has 0 aliphatic rings. The van der Waals surface area contributed by atoms with Gasteiger partial charge >= 0.3 is 17.9 Å². The van der Waals surface area contributed by atoms with Gasteiger partial charge in [-0.1, -0.05) is 152 Å². The van der Waals surface area contributed by atoms with Crippen LogP contribution in [0.2, 0.25) is 0 Å². The maximum Gasteiger partial charge on any atom is 0.343 e. The molecule has 8 aromatic rings. The molecule has 0 saturated heterocycles. The van der Waals surface area contributed by atoms with Crippen molar-refractivity contribution in [3.8, 4) is 17.2 Å². The average Bonchev–Trinajstić information content (AvgIpc) is 3.32. The zero-order chi connectivity index (χ0) is 41.4. The van der Waals surface area contributed by atoms with E-state index in [1.165, 1.54) is 0 Å². The van der Waals surface area contributed by atoms with Crippen molar-refractivity contribution in [1.29, 1.82) is 0 Å². The lowest BCUT2D eigenvalue weighted by Gasteiger charge is -2.43. The first-order valence-electron chi connectivity index (χ1n) is 19.2. The zero-order valence-corrected chi connectivity index (χ0v) is 33.1. The Morgan fingerprint density at radius 1 is 0.317 bits per heavy atom. The molecule has 7 nitrogen and oxygen atoms in total. The van der Waals surface area contributed by atoms with Crippen LogP contribution in [0.4, 0.5) is 0 Å². The van der Waals surface area contributed by atoms with Crippen LogP contribution in [0.25, 0.3) is 0 Å². The first-order chi connectivity index (χ1) is 29.4. The first-order valence-corrected chi connectivity index (χ1v) is 20.9. The highest BCUT2D eigenvalue weighted by molar-refractivity contribution is 7.80. The van der Waals surface area contributed by atoms with E-state index >= 15 is 4.57 Å². The molecule has 0 unspecified atom stereocenters. The average molecular weight is 805 g/mol. The fourth-order valence-electron chi connectivity index (χ4n) is 7.37. The Morgan fingerprint density at radius 3 is 0.800 bits per heavy atom. The van der Waals surface area contributed by atoms with Gasteiger partial charge < -0.3 is 18.8 Å². The minimum absolute atomic E-state index is 0.294. The fraction of sp³-hybridized carbons (Fsp3) is 0.0192. The van der Waals surface area contributed by atoms with Gasteiger partial charge in [0.1, 0.15) is 22.4 Å². The van der Waals surface area contributed by atoms with Crippen LogP contribution in [0, 0.1) is 0 Å². The first kappa shape index (κ1) is 39.2. The van der Waals surface area contributed by atoms with Gasteiger partial charge in [-0.15, -0.1) is 0 Å². The van der Waals surface area contributed by atoms with Crippen molar-refractivity contribution in [2.24, 2.45) is 0 Å². The largest absolute Gasteiger partial charge is 0.423 e. The summed E-state index contributed by atoms with van der Waals surface area (Å²) in [5, 5.41) is -0.327. The lowest BCUT2D eigenvalue weighted by Crippen LogP contribution is -2.38. The molecule has 0 aliphatic heterocycles. The van der Waals surface area contributed by atoms with E-state index in [2.05, 4.69) is 0 Å². The molecule has 0 bridgehead atoms. The van der Waals surface area contributed by atoms with Gasteiger partial charge in [0.2, 0.25) is 0 Å². The summed E-state index contributed by atoms with van der Waals surface area (Å²) >= 11 is 0. The number of esters is 3. The molecule has 8 rings (SSSR count). The molecule has 0 heterocycles. The van der Waals surface area contributed by atoms with Gasteiger partial charge in [0.15, 0.2) is 7.14 Å². The van der Waals surface area contributed by atoms with E-state index in [0.717, 1.165) is 0 Å². The van der Waals surface area contributed by atoms with Crippen LogP contribution >= 0.6 is 7.14 Å². The van der Waals surface area contributed by atoms with Crippen molar-refractivity contribution in [2.45, 2.75) is 5.16 Å². The molecule has 8 heteroatoms. The van der Waals surface area contributed by atoms with Crippen molar-refractivity contribution in [3.63, 3.8) is 0 Å². The summed E-state index contributed by atoms with van der Waals surface area (Å²) in [6.45, 7) is 0. The molecular weight excluding hydrogens is 768 g/mol. The number of hydrogen-bond acceptors (Lipinski definition) is 7. The quantitative estimate of drug-likeness (QED) is 0.0525. The fourth-order valence-corrected chi connectivity index (χ4v) is 11.2. The number of benzene rings is 8. The zero-order valence-electron chi connectivity index (χ0n) is 32.2. The lowest BCUT2D eigenvalue weighted by molar-refractivity contribution is 0.0725. The Morgan fingerprint density at radius 2 is 0.550 bits per heavy atom. The maximum absolute atomic E-state index is 17.1. The lowest BCUT2D eigenvalue weighted by atomic mass is 9.83. The molecular formula is C52H37O7P. The summed E-state index contributed by atoms with van der Waals surface area (Å²) in [6.07, 6.45) is 0. The number of carbonyl (C=O) groups is 3. The summed E-state index contributed by atoms with van der Waals surface area (Å²) in [4.78, 5) is 39.4. The van der Waals surface area contributed by atoms with Gasteiger partial charge in [0.05, 0.1) is 16.7 Å². The topological polar surface area (TPSA) is 96.0 Å². The van der Waals surface area contributed by atoms with Crippen LogP contribution in [0.5, 0.6) is 17.2 Å². The van der Waals surface area contributed by atoms with Crippen LogP contribution in [0.1, 0.15) is 47.8 Å². The van der Waals surface area contributed by atoms with Gasteiger partial charge in [0, 0.05) is 10.6 Å². The monoisotopic (exact) mass is 804 g/mol. The van der Waals surface area contributed by atoms with E-state index in [0.29, 0.717) is 61.2 Å². The van der Waals surface area contributed by atoms with Crippen LogP contribution < -0.4 is 24.8 Å². The predicted octanol–water partition coefficient (Wildman–Crippen LogP) is 10.7. The summed E-state index contributed by atoms with van der Waals surface area (Å²) in [5.41, 5.74) is 3.03. The summed E-state index contributed by atoms with van der Waals surface area (Å²) in [6, 6.07) is 65.9. The molecule has 292 valence electrons. The van der Waals surface area contributed by atoms with Crippen LogP contribution in [0.15, 0.2) is 224 Å². The van der Waals surface area contributed by atoms with Gasteiger partial charge in [-0.3, -0.25) is 0 Å². The highest BCUT2D eigenvalue weighted by Crippen LogP contribution is 2.68. The number of hydrogen-bond donors (Lipinski definition) is 0. The van der Waals surface area contributed by atoms with E-state index in [-0.39, 0.29) is 0 Å². The third-order valence-electron chi connectivity index (χ3n) is 10.2. The normalized spacial score (nSPS) is 11.3. The molecule has 60 heavy (non-hydrogen) atoms. The Kier molecular flexibility index (Phi) is 11.4. The molecule has 0 fully saturated rings. The molecule has 0 spiro atoms. The Hall–Kier alpha value is -7.60. The summed E-state index contributed by atoms with van der Waals surface area (Å²) < 4.78 is 34.6. The van der Waals surface area contributed by atoms with Crippen molar-refractivity contribution < 1.29 is 33.2 Å². The summed E-state index contributed by atoms with van der Waals surface area (Å²) in [5.74, 6) is -0.674. The van der Waals surface area contributed by atoms with Crippen LogP contribution in [-0.4, -0.2) is 17.9 Å². The summed E-state index contributed by atoms with van der Waals surface area (Å²) in [7, 11) is -3.93. The maximum atomic E-state index is 17.1. The van der Waals surface area contributed by atoms with Gasteiger partial charge in [-0.2, -0.15) is 0 Å². The minimum atomic E-state index is -3.93. The Balaban J connectivity index is 1.33. The molecule has 8 aromatic carbocycles. The van der Waals surface area contributed by atoms with E-state index in [4.69, 9.17) is 14.2 Å². The second kappa shape index (κ2) is 17.5. The molecule has 0 atom stereocenters. The van der Waals surface area contributed by atoms with Crippen LogP contribution in [-0.2, 0) is 9.72 Å². The van der Waals surface area contributed by atoms with Gasteiger partial charge in [0.25, 0.3) is 0 Å². The standard InChI is InChI=1S/C52H37O7P/c53-49(38-16-6-1-7-17-38)57-44-32-26-41(27-33-44)52(60(56,47-22-12-4-13-23-47)48-24-14-5-15-25-48,42-28-34-45(35-29-42)58-50(54)39-18-8-2-9-19-39)43-30-36-46(37-31-43)59-51(55)40-20-10-3-11-21-40/h1-37H. The number of rotatable bonds is 12. The smallest absolute Gasteiger partial charge is 0.343 e. The highest BCUT2D eigenvalue weighted by atomic mass is 31.2. The van der Waals surface area contributed by atoms with Crippen molar-refractivity contribution in [1.82, 2.24) is 0 Å². The SMILES string of the molecule is O=C(Oc1ccc(C(c2ccc(OC(=O)c3ccccc3)cc2)(c2ccc(OC(=O)c3ccccc3)cc2)P(=O)(c2ccccc2)c2ccccc2)cc1)c1ccccc1. The van der Waals surface area contributed by atoms with E-state index in [1.54, 1.807) is 109 Å². The second-order valence-electron chi connectivity index (χ2n) is 13.8. The minimum Gasteiger partial charge on any atom is -0.423 e. The number of ether oxygens (including phenoxy) is 3. The van der Waals surface area contributed by atoms with Crippen molar-refractivity contribution in [2.75, 3.05) is 0 Å². The second-order valence-corrected chi connectivity index (χ2v) is 16.8. The molecule has 0 aliphatic carbocycles. The Bertz CT molecular complexity index is 2480. The molecule has 0 saturated carbocycles. The molecule has 0 aromatic heterocycles. The third-order valence-corrected chi connectivity index (χ3v) is 14.0. The Labute approximate surface area is 347 Å². The van der Waals surface area contributed by atoms with Gasteiger partial charge in [-0.05, 0) is 89.5 Å². The highest BCUT2D eigenvalue weighted by Gasteiger charge is 2.54. The van der Waals surface area contributed by atoms with Crippen molar-refractivity contribution >= 4 is 35.7 Å². The van der Waals surface area contributed by atoms with Crippen molar-refractivity contribution in [3.05, 3.63) is 258 Å². The van der Waals surface area contributed by atoms with E-state index in [9.17, 15) is 14.4 Å². The van der Waals surface area contributed by atoms with E-state index in [1.807, 2.05) is 115 Å². The third kappa shape index (κ3) is 7.82. The molecule has 0 radical (unpaired) electrons.